The molecule has 0 unspecified atom stereocenters. The number of carbonyl (C=O) groups excluding carboxylic acids is 2. The zero-order chi connectivity index (χ0) is 21.1. The fraction of sp³-hybridized carbons (Fsp3) is 0.0952. The van der Waals surface area contributed by atoms with Crippen molar-refractivity contribution in [2.45, 2.75) is 13.5 Å². The van der Waals surface area contributed by atoms with Crippen LogP contribution in [0.1, 0.15) is 17.3 Å². The second-order valence-corrected chi connectivity index (χ2v) is 6.47. The third-order valence-electron chi connectivity index (χ3n) is 4.27. The maximum atomic E-state index is 12.6. The second-order valence-electron chi connectivity index (χ2n) is 6.47. The molecular weight excluding hydrogens is 386 g/mol. The molecule has 150 valence electrons. The fourth-order valence-electron chi connectivity index (χ4n) is 2.85. The van der Waals surface area contributed by atoms with Crippen molar-refractivity contribution in [3.63, 3.8) is 0 Å². The highest BCUT2D eigenvalue weighted by atomic mass is 16.5. The molecule has 0 spiro atoms. The van der Waals surface area contributed by atoms with E-state index in [1.807, 2.05) is 18.2 Å². The van der Waals surface area contributed by atoms with Crippen LogP contribution in [0.5, 0.6) is 11.6 Å². The summed E-state index contributed by atoms with van der Waals surface area (Å²) in [5.41, 5.74) is 0.626. The van der Waals surface area contributed by atoms with Crippen LogP contribution in [0.15, 0.2) is 71.8 Å². The molecule has 0 radical (unpaired) electrons. The van der Waals surface area contributed by atoms with Crippen LogP contribution >= 0.6 is 0 Å². The number of rotatable bonds is 6. The van der Waals surface area contributed by atoms with Gasteiger partial charge in [-0.05, 0) is 31.2 Å². The number of ketones is 1. The van der Waals surface area contributed by atoms with E-state index in [-0.39, 0.29) is 23.9 Å². The maximum Gasteiger partial charge on any atom is 0.351 e. The van der Waals surface area contributed by atoms with Crippen molar-refractivity contribution in [1.29, 1.82) is 0 Å². The third-order valence-corrected chi connectivity index (χ3v) is 4.27. The molecule has 0 bridgehead atoms. The van der Waals surface area contributed by atoms with E-state index in [2.05, 4.69) is 15.4 Å². The molecule has 1 amide bonds. The molecule has 0 aliphatic rings. The minimum atomic E-state index is -0.502. The van der Waals surface area contributed by atoms with E-state index in [9.17, 15) is 14.4 Å². The lowest BCUT2D eigenvalue weighted by molar-refractivity contribution is -0.117. The smallest absolute Gasteiger partial charge is 0.351 e. The molecule has 30 heavy (non-hydrogen) atoms. The molecule has 2 aromatic carbocycles. The van der Waals surface area contributed by atoms with Crippen molar-refractivity contribution in [3.05, 3.63) is 83.0 Å². The molecule has 9 heteroatoms. The third kappa shape index (κ3) is 3.95. The summed E-state index contributed by atoms with van der Waals surface area (Å²) in [5.74, 6) is 0.123. The molecule has 0 aliphatic heterocycles. The number of nitrogens with one attached hydrogen (secondary N) is 1. The molecule has 1 N–H and O–H groups in total. The number of carbonyl (C=O) groups is 2. The fourth-order valence-corrected chi connectivity index (χ4v) is 2.85. The first-order chi connectivity index (χ1) is 14.5. The van der Waals surface area contributed by atoms with Gasteiger partial charge in [0, 0.05) is 23.6 Å². The number of nitrogens with zero attached hydrogens (tertiary/aromatic N) is 4. The van der Waals surface area contributed by atoms with Crippen molar-refractivity contribution >= 4 is 23.0 Å². The number of fused-ring (bicyclic) bond motifs is 1. The summed E-state index contributed by atoms with van der Waals surface area (Å²) in [6.07, 6.45) is 2.87. The Kier molecular flexibility index (Phi) is 5.08. The minimum Gasteiger partial charge on any atom is -0.436 e. The van der Waals surface area contributed by atoms with Crippen LogP contribution in [0.4, 0.5) is 5.69 Å². The van der Waals surface area contributed by atoms with Crippen LogP contribution in [0.25, 0.3) is 5.65 Å². The number of hydrogen-bond acceptors (Lipinski definition) is 6. The topological polar surface area (TPSA) is 108 Å². The number of benzene rings is 2. The Morgan fingerprint density at radius 3 is 2.67 bits per heavy atom. The highest BCUT2D eigenvalue weighted by Crippen LogP contribution is 2.21. The summed E-state index contributed by atoms with van der Waals surface area (Å²) < 4.78 is 8.00. The first kappa shape index (κ1) is 19.1. The number of hydrogen-bond donors (Lipinski definition) is 1. The highest BCUT2D eigenvalue weighted by molar-refractivity contribution is 5.97. The van der Waals surface area contributed by atoms with Gasteiger partial charge >= 0.3 is 5.69 Å². The Bertz CT molecular complexity index is 1290. The number of amides is 1. The van der Waals surface area contributed by atoms with Crippen LogP contribution in [-0.2, 0) is 11.3 Å². The largest absolute Gasteiger partial charge is 0.436 e. The molecule has 9 nitrogen and oxygen atoms in total. The average molecular weight is 403 g/mol. The van der Waals surface area contributed by atoms with Gasteiger partial charge < -0.3 is 10.1 Å². The van der Waals surface area contributed by atoms with Gasteiger partial charge in [0.15, 0.2) is 5.78 Å². The Morgan fingerprint density at radius 1 is 1.10 bits per heavy atom. The van der Waals surface area contributed by atoms with Crippen LogP contribution in [0.2, 0.25) is 0 Å². The summed E-state index contributed by atoms with van der Waals surface area (Å²) in [5, 5.41) is 6.87. The van der Waals surface area contributed by atoms with Crippen LogP contribution < -0.4 is 15.7 Å². The lowest BCUT2D eigenvalue weighted by Crippen LogP contribution is -2.28. The van der Waals surface area contributed by atoms with E-state index in [1.54, 1.807) is 36.4 Å². The molecular formula is C21H17N5O4. The van der Waals surface area contributed by atoms with E-state index in [0.717, 1.165) is 4.68 Å². The van der Waals surface area contributed by atoms with Gasteiger partial charge in [-0.1, -0.05) is 30.3 Å². The monoisotopic (exact) mass is 403 g/mol. The van der Waals surface area contributed by atoms with Crippen molar-refractivity contribution in [1.82, 2.24) is 19.2 Å². The van der Waals surface area contributed by atoms with Crippen molar-refractivity contribution in [2.75, 3.05) is 5.32 Å². The molecule has 2 aromatic heterocycles. The first-order valence-electron chi connectivity index (χ1n) is 9.09. The lowest BCUT2D eigenvalue weighted by atomic mass is 10.1. The van der Waals surface area contributed by atoms with Gasteiger partial charge in [0.25, 0.3) is 5.88 Å². The van der Waals surface area contributed by atoms with Gasteiger partial charge in [-0.3, -0.25) is 9.59 Å². The van der Waals surface area contributed by atoms with Gasteiger partial charge in [-0.2, -0.15) is 0 Å². The Balaban J connectivity index is 1.57. The highest BCUT2D eigenvalue weighted by Gasteiger charge is 2.16. The predicted molar refractivity (Wildman–Crippen MR) is 109 cm³/mol. The van der Waals surface area contributed by atoms with Crippen molar-refractivity contribution in [3.8, 4) is 11.6 Å². The van der Waals surface area contributed by atoms with Gasteiger partial charge in [-0.15, -0.1) is 5.10 Å². The summed E-state index contributed by atoms with van der Waals surface area (Å²) in [6, 6.07) is 15.5. The van der Waals surface area contributed by atoms with E-state index in [0.29, 0.717) is 17.0 Å². The summed E-state index contributed by atoms with van der Waals surface area (Å²) in [7, 11) is 0. The molecule has 0 fully saturated rings. The lowest BCUT2D eigenvalue weighted by Gasteiger charge is -2.06. The van der Waals surface area contributed by atoms with E-state index >= 15 is 0 Å². The van der Waals surface area contributed by atoms with Gasteiger partial charge in [0.1, 0.15) is 12.3 Å². The Labute approximate surface area is 170 Å². The van der Waals surface area contributed by atoms with Crippen molar-refractivity contribution < 1.29 is 14.3 Å². The Hall–Kier alpha value is -4.27. The zero-order valence-corrected chi connectivity index (χ0v) is 16.0. The molecule has 0 saturated carbocycles. The first-order valence-corrected chi connectivity index (χ1v) is 9.09. The molecule has 2 heterocycles. The van der Waals surface area contributed by atoms with Gasteiger partial charge in [-0.25, -0.2) is 18.9 Å². The minimum absolute atomic E-state index is 0.110. The van der Waals surface area contributed by atoms with Crippen LogP contribution in [0, 0.1) is 0 Å². The standard InChI is InChI=1S/C21H17N5O4/c1-14(27)15-6-5-7-16(12-15)23-18(28)13-26-21(29)25-11-10-22-20(19(25)24-26)30-17-8-3-2-4-9-17/h2-12H,13H2,1H3,(H,23,28). The van der Waals surface area contributed by atoms with Crippen LogP contribution in [0.3, 0.4) is 0 Å². The summed E-state index contributed by atoms with van der Waals surface area (Å²) in [6.45, 7) is 1.13. The number of anilines is 1. The zero-order valence-electron chi connectivity index (χ0n) is 16.0. The number of Topliss-reactive ketones (excluding diaryl/α,β-unsaturated/α-hetero) is 1. The van der Waals surface area contributed by atoms with E-state index in [1.165, 1.54) is 23.7 Å². The second kappa shape index (κ2) is 8.00. The SMILES string of the molecule is CC(=O)c1cccc(NC(=O)Cn2nc3c(Oc4ccccc4)nccn3c2=O)c1. The molecule has 4 rings (SSSR count). The summed E-state index contributed by atoms with van der Waals surface area (Å²) >= 11 is 0. The quantitative estimate of drug-likeness (QED) is 0.496. The Morgan fingerprint density at radius 2 is 1.90 bits per heavy atom. The molecule has 0 aliphatic carbocycles. The predicted octanol–water partition coefficient (Wildman–Crippen LogP) is 2.52. The summed E-state index contributed by atoms with van der Waals surface area (Å²) in [4.78, 5) is 40.7. The molecule has 0 atom stereocenters. The average Bonchev–Trinajstić information content (AvgIpc) is 3.05. The molecule has 4 aromatic rings. The van der Waals surface area contributed by atoms with Gasteiger partial charge in [0.2, 0.25) is 11.6 Å². The number of ether oxygens (including phenoxy) is 1. The maximum absolute atomic E-state index is 12.6. The number of aromatic nitrogens is 4. The number of para-hydroxylation sites is 1. The molecule has 0 saturated heterocycles. The van der Waals surface area contributed by atoms with Crippen LogP contribution in [-0.4, -0.2) is 30.9 Å². The van der Waals surface area contributed by atoms with E-state index in [4.69, 9.17) is 4.74 Å². The normalized spacial score (nSPS) is 10.7. The van der Waals surface area contributed by atoms with E-state index < -0.39 is 11.6 Å². The van der Waals surface area contributed by atoms with Gasteiger partial charge in [0.05, 0.1) is 0 Å². The van der Waals surface area contributed by atoms with Crippen molar-refractivity contribution in [2.24, 2.45) is 0 Å².